The van der Waals surface area contributed by atoms with Gasteiger partial charge in [0.05, 0.1) is 7.11 Å². The first-order valence-corrected chi connectivity index (χ1v) is 8.62. The summed E-state index contributed by atoms with van der Waals surface area (Å²) in [5.74, 6) is 1.01. The number of amides is 1. The Morgan fingerprint density at radius 1 is 1.12 bits per heavy atom. The predicted octanol–water partition coefficient (Wildman–Crippen LogP) is 4.25. The van der Waals surface area contributed by atoms with Crippen molar-refractivity contribution in [2.24, 2.45) is 0 Å². The summed E-state index contributed by atoms with van der Waals surface area (Å²) in [5, 5.41) is 1.18. The average molecular weight is 336 g/mol. The Morgan fingerprint density at radius 3 is 2.52 bits per heavy atom. The SMILES string of the molecule is CCN(C)C(=O)CCc1c(-c2ccc(OC)cc2)[nH]c2ccccc12. The van der Waals surface area contributed by atoms with Crippen molar-refractivity contribution in [3.63, 3.8) is 0 Å². The van der Waals surface area contributed by atoms with Gasteiger partial charge in [0.15, 0.2) is 0 Å². The van der Waals surface area contributed by atoms with E-state index in [0.29, 0.717) is 12.8 Å². The molecule has 0 bridgehead atoms. The zero-order valence-electron chi connectivity index (χ0n) is 15.0. The van der Waals surface area contributed by atoms with E-state index in [0.717, 1.165) is 29.1 Å². The molecule has 25 heavy (non-hydrogen) atoms. The van der Waals surface area contributed by atoms with Crippen LogP contribution in [0.25, 0.3) is 22.2 Å². The molecule has 0 radical (unpaired) electrons. The second kappa shape index (κ2) is 7.43. The molecular weight excluding hydrogens is 312 g/mol. The lowest BCUT2D eigenvalue weighted by molar-refractivity contribution is -0.129. The highest BCUT2D eigenvalue weighted by Crippen LogP contribution is 2.32. The zero-order valence-corrected chi connectivity index (χ0v) is 15.0. The summed E-state index contributed by atoms with van der Waals surface area (Å²) in [7, 11) is 3.52. The normalized spacial score (nSPS) is 10.8. The van der Waals surface area contributed by atoms with E-state index in [4.69, 9.17) is 4.74 Å². The molecule has 1 amide bonds. The topological polar surface area (TPSA) is 45.3 Å². The smallest absolute Gasteiger partial charge is 0.222 e. The Hall–Kier alpha value is -2.75. The fourth-order valence-corrected chi connectivity index (χ4v) is 3.06. The minimum absolute atomic E-state index is 0.175. The van der Waals surface area contributed by atoms with Gasteiger partial charge in [0.25, 0.3) is 0 Å². The lowest BCUT2D eigenvalue weighted by Gasteiger charge is -2.14. The van der Waals surface area contributed by atoms with Gasteiger partial charge in [-0.1, -0.05) is 18.2 Å². The van der Waals surface area contributed by atoms with Crippen LogP contribution in [0.4, 0.5) is 0 Å². The van der Waals surface area contributed by atoms with Gasteiger partial charge in [-0.15, -0.1) is 0 Å². The molecule has 1 N–H and O–H groups in total. The number of carbonyl (C=O) groups excluding carboxylic acids is 1. The Morgan fingerprint density at radius 2 is 1.84 bits per heavy atom. The number of aryl methyl sites for hydroxylation is 1. The van der Waals surface area contributed by atoms with Crippen LogP contribution in [0.1, 0.15) is 18.9 Å². The lowest BCUT2D eigenvalue weighted by atomic mass is 10.0. The summed E-state index contributed by atoms with van der Waals surface area (Å²) >= 11 is 0. The van der Waals surface area contributed by atoms with Crippen LogP contribution in [0.2, 0.25) is 0 Å². The van der Waals surface area contributed by atoms with Crippen molar-refractivity contribution in [1.82, 2.24) is 9.88 Å². The number of ether oxygens (including phenoxy) is 1. The van der Waals surface area contributed by atoms with E-state index in [2.05, 4.69) is 17.1 Å². The number of para-hydroxylation sites is 1. The second-order valence-corrected chi connectivity index (χ2v) is 6.16. The highest BCUT2D eigenvalue weighted by atomic mass is 16.5. The van der Waals surface area contributed by atoms with E-state index < -0.39 is 0 Å². The predicted molar refractivity (Wildman–Crippen MR) is 102 cm³/mol. The number of methoxy groups -OCH3 is 1. The van der Waals surface area contributed by atoms with E-state index in [1.165, 1.54) is 10.9 Å². The van der Waals surface area contributed by atoms with E-state index in [-0.39, 0.29) is 5.91 Å². The van der Waals surface area contributed by atoms with Gasteiger partial charge >= 0.3 is 0 Å². The number of hydrogen-bond acceptors (Lipinski definition) is 2. The van der Waals surface area contributed by atoms with Gasteiger partial charge < -0.3 is 14.6 Å². The highest BCUT2D eigenvalue weighted by Gasteiger charge is 2.15. The minimum atomic E-state index is 0.175. The molecule has 1 heterocycles. The molecule has 130 valence electrons. The molecule has 0 saturated carbocycles. The Bertz CT molecular complexity index is 865. The summed E-state index contributed by atoms with van der Waals surface area (Å²) in [5.41, 5.74) is 4.47. The quantitative estimate of drug-likeness (QED) is 0.731. The number of nitrogens with zero attached hydrogens (tertiary/aromatic N) is 1. The zero-order chi connectivity index (χ0) is 17.8. The van der Waals surface area contributed by atoms with E-state index in [9.17, 15) is 4.79 Å². The van der Waals surface area contributed by atoms with Crippen LogP contribution >= 0.6 is 0 Å². The summed E-state index contributed by atoms with van der Waals surface area (Å²) in [4.78, 5) is 17.5. The molecule has 1 aromatic heterocycles. The van der Waals surface area contributed by atoms with Gasteiger partial charge in [0.1, 0.15) is 5.75 Å². The van der Waals surface area contributed by atoms with E-state index in [1.54, 1.807) is 12.0 Å². The number of carbonyl (C=O) groups is 1. The average Bonchev–Trinajstić information content (AvgIpc) is 3.04. The molecule has 3 rings (SSSR count). The molecule has 0 aliphatic rings. The van der Waals surface area contributed by atoms with Gasteiger partial charge in [0, 0.05) is 36.6 Å². The molecule has 0 aliphatic heterocycles. The van der Waals surface area contributed by atoms with Crippen LogP contribution in [0, 0.1) is 0 Å². The third kappa shape index (κ3) is 3.53. The Labute approximate surface area is 148 Å². The number of hydrogen-bond donors (Lipinski definition) is 1. The van der Waals surface area contributed by atoms with Crippen LogP contribution in [0.15, 0.2) is 48.5 Å². The number of H-pyrrole nitrogens is 1. The third-order valence-electron chi connectivity index (χ3n) is 4.68. The maximum Gasteiger partial charge on any atom is 0.222 e. The first-order chi connectivity index (χ1) is 12.1. The lowest BCUT2D eigenvalue weighted by Crippen LogP contribution is -2.26. The van der Waals surface area contributed by atoms with E-state index in [1.807, 2.05) is 50.4 Å². The van der Waals surface area contributed by atoms with Crippen molar-refractivity contribution in [3.8, 4) is 17.0 Å². The molecule has 2 aromatic carbocycles. The molecular formula is C21H24N2O2. The number of benzene rings is 2. The molecule has 0 unspecified atom stereocenters. The number of rotatable bonds is 6. The monoisotopic (exact) mass is 336 g/mol. The van der Waals surface area contributed by atoms with E-state index >= 15 is 0 Å². The first-order valence-electron chi connectivity index (χ1n) is 8.62. The minimum Gasteiger partial charge on any atom is -0.497 e. The number of nitrogens with one attached hydrogen (secondary N) is 1. The Kier molecular flexibility index (Phi) is 5.08. The van der Waals surface area contributed by atoms with Crippen LogP contribution in [-0.4, -0.2) is 36.5 Å². The van der Waals surface area contributed by atoms with Crippen molar-refractivity contribution in [2.75, 3.05) is 20.7 Å². The highest BCUT2D eigenvalue weighted by molar-refractivity contribution is 5.91. The van der Waals surface area contributed by atoms with Crippen LogP contribution in [0.5, 0.6) is 5.75 Å². The standard InChI is InChI=1S/C21H24N2O2/c1-4-23(2)20(24)14-13-18-17-7-5-6-8-19(17)22-21(18)15-9-11-16(25-3)12-10-15/h5-12,22H,4,13-14H2,1-3H3. The maximum absolute atomic E-state index is 12.2. The van der Waals surface area contributed by atoms with Crippen molar-refractivity contribution >= 4 is 16.8 Å². The fourth-order valence-electron chi connectivity index (χ4n) is 3.06. The molecule has 0 atom stereocenters. The number of fused-ring (bicyclic) bond motifs is 1. The summed E-state index contributed by atoms with van der Waals surface area (Å²) in [6.45, 7) is 2.73. The molecule has 0 spiro atoms. The van der Waals surface area contributed by atoms with Crippen LogP contribution < -0.4 is 4.74 Å². The Balaban J connectivity index is 1.98. The van der Waals surface area contributed by atoms with Gasteiger partial charge in [-0.05, 0) is 54.8 Å². The van der Waals surface area contributed by atoms with Gasteiger partial charge in [-0.2, -0.15) is 0 Å². The summed E-state index contributed by atoms with van der Waals surface area (Å²) in [6.07, 6.45) is 1.23. The summed E-state index contributed by atoms with van der Waals surface area (Å²) in [6, 6.07) is 16.3. The molecule has 0 fully saturated rings. The molecule has 3 aromatic rings. The van der Waals surface area contributed by atoms with Crippen molar-refractivity contribution in [1.29, 1.82) is 0 Å². The van der Waals surface area contributed by atoms with Crippen LogP contribution in [-0.2, 0) is 11.2 Å². The first kappa shape index (κ1) is 17.1. The second-order valence-electron chi connectivity index (χ2n) is 6.16. The van der Waals surface area contributed by atoms with Gasteiger partial charge in [0.2, 0.25) is 5.91 Å². The number of aromatic nitrogens is 1. The fraction of sp³-hybridized carbons (Fsp3) is 0.286. The van der Waals surface area contributed by atoms with Crippen LogP contribution in [0.3, 0.4) is 0 Å². The van der Waals surface area contributed by atoms with Gasteiger partial charge in [-0.25, -0.2) is 0 Å². The number of aromatic amines is 1. The van der Waals surface area contributed by atoms with Crippen molar-refractivity contribution in [3.05, 3.63) is 54.1 Å². The maximum atomic E-state index is 12.2. The molecule has 4 heteroatoms. The largest absolute Gasteiger partial charge is 0.497 e. The van der Waals surface area contributed by atoms with Crippen molar-refractivity contribution < 1.29 is 9.53 Å². The molecule has 0 aliphatic carbocycles. The van der Waals surface area contributed by atoms with Crippen molar-refractivity contribution in [2.45, 2.75) is 19.8 Å². The molecule has 0 saturated heterocycles. The van der Waals surface area contributed by atoms with Gasteiger partial charge in [-0.3, -0.25) is 4.79 Å². The summed E-state index contributed by atoms with van der Waals surface area (Å²) < 4.78 is 5.25. The third-order valence-corrected chi connectivity index (χ3v) is 4.68. The molecule has 4 nitrogen and oxygen atoms in total.